The van der Waals surface area contributed by atoms with Gasteiger partial charge in [0.25, 0.3) is 0 Å². The van der Waals surface area contributed by atoms with Gasteiger partial charge < -0.3 is 4.42 Å². The summed E-state index contributed by atoms with van der Waals surface area (Å²) >= 11 is 0. The van der Waals surface area contributed by atoms with Crippen LogP contribution in [0.3, 0.4) is 0 Å². The molecule has 0 saturated heterocycles. The number of furan rings is 1. The largest absolute Gasteiger partial charge is 0.459 e. The number of anilines is 1. The smallest absolute Gasteiger partial charge is 0.310 e. The van der Waals surface area contributed by atoms with Crippen LogP contribution in [-0.2, 0) is 10.0 Å². The summed E-state index contributed by atoms with van der Waals surface area (Å²) in [6.07, 6.45) is 2.00. The van der Waals surface area contributed by atoms with E-state index >= 15 is 0 Å². The average molecular weight is 438 g/mol. The standard InChI is InChI=1S/C23H23N3O4S/c1-3-31(28,29)25-18-12-10-17(11-13-18)20-15-21(19-8-5-4-7-16(19)2)26(24-20)23(27)22-9-6-14-30-22/h4-14,21,25H,3,15H2,1-2H3/t21-/m1/s1. The fourth-order valence-corrected chi connectivity index (χ4v) is 4.21. The van der Waals surface area contributed by atoms with Gasteiger partial charge in [0, 0.05) is 12.1 Å². The predicted molar refractivity (Wildman–Crippen MR) is 119 cm³/mol. The Morgan fingerprint density at radius 2 is 1.87 bits per heavy atom. The molecule has 0 aliphatic carbocycles. The summed E-state index contributed by atoms with van der Waals surface area (Å²) in [5.41, 5.74) is 4.16. The molecule has 4 rings (SSSR count). The van der Waals surface area contributed by atoms with Crippen LogP contribution < -0.4 is 4.72 Å². The summed E-state index contributed by atoms with van der Waals surface area (Å²) in [5, 5.41) is 6.11. The van der Waals surface area contributed by atoms with E-state index in [9.17, 15) is 13.2 Å². The van der Waals surface area contributed by atoms with E-state index in [2.05, 4.69) is 9.82 Å². The minimum absolute atomic E-state index is 0.00339. The molecule has 7 nitrogen and oxygen atoms in total. The molecule has 1 aliphatic rings. The molecule has 0 saturated carbocycles. The Morgan fingerprint density at radius 3 is 2.52 bits per heavy atom. The van der Waals surface area contributed by atoms with Gasteiger partial charge in [0.15, 0.2) is 5.76 Å². The normalized spacial score (nSPS) is 16.3. The van der Waals surface area contributed by atoms with Crippen molar-refractivity contribution in [2.24, 2.45) is 5.10 Å². The molecule has 1 amide bonds. The first kappa shape index (κ1) is 20.9. The van der Waals surface area contributed by atoms with Gasteiger partial charge in [-0.05, 0) is 54.8 Å². The maximum atomic E-state index is 13.1. The molecule has 31 heavy (non-hydrogen) atoms. The van der Waals surface area contributed by atoms with Gasteiger partial charge in [-0.15, -0.1) is 0 Å². The number of carbonyl (C=O) groups excluding carboxylic acids is 1. The lowest BCUT2D eigenvalue weighted by Gasteiger charge is -2.22. The Labute approximate surface area is 181 Å². The monoisotopic (exact) mass is 437 g/mol. The van der Waals surface area contributed by atoms with E-state index in [1.54, 1.807) is 31.2 Å². The van der Waals surface area contributed by atoms with Crippen molar-refractivity contribution in [3.05, 3.63) is 89.4 Å². The number of benzene rings is 2. The molecular formula is C23H23N3O4S. The number of hydrogen-bond donors (Lipinski definition) is 1. The molecule has 160 valence electrons. The van der Waals surface area contributed by atoms with Crippen LogP contribution in [0, 0.1) is 6.92 Å². The van der Waals surface area contributed by atoms with Crippen LogP contribution in [0.25, 0.3) is 0 Å². The van der Waals surface area contributed by atoms with Crippen molar-refractivity contribution < 1.29 is 17.6 Å². The number of sulfonamides is 1. The lowest BCUT2D eigenvalue weighted by atomic mass is 9.95. The summed E-state index contributed by atoms with van der Waals surface area (Å²) in [5.74, 6) is -0.0721. The quantitative estimate of drug-likeness (QED) is 0.621. The number of carbonyl (C=O) groups is 1. The van der Waals surface area contributed by atoms with Crippen LogP contribution >= 0.6 is 0 Å². The summed E-state index contributed by atoms with van der Waals surface area (Å²) in [4.78, 5) is 13.1. The zero-order chi connectivity index (χ0) is 22.0. The van der Waals surface area contributed by atoms with Crippen molar-refractivity contribution in [3.8, 4) is 0 Å². The van der Waals surface area contributed by atoms with Crippen molar-refractivity contribution in [1.82, 2.24) is 5.01 Å². The van der Waals surface area contributed by atoms with Crippen molar-refractivity contribution in [1.29, 1.82) is 0 Å². The number of hydrogen-bond acceptors (Lipinski definition) is 5. The molecule has 2 heterocycles. The summed E-state index contributed by atoms with van der Waals surface area (Å²) < 4.78 is 31.4. The molecule has 3 aromatic rings. The zero-order valence-electron chi connectivity index (χ0n) is 17.3. The predicted octanol–water partition coefficient (Wildman–Crippen LogP) is 4.34. The van der Waals surface area contributed by atoms with Crippen LogP contribution in [0.2, 0.25) is 0 Å². The van der Waals surface area contributed by atoms with E-state index in [0.717, 1.165) is 22.4 Å². The highest BCUT2D eigenvalue weighted by Crippen LogP contribution is 2.35. The van der Waals surface area contributed by atoms with Gasteiger partial charge in [-0.2, -0.15) is 5.10 Å². The van der Waals surface area contributed by atoms with Crippen LogP contribution in [0.5, 0.6) is 0 Å². The second kappa shape index (κ2) is 8.39. The van der Waals surface area contributed by atoms with Gasteiger partial charge in [-0.1, -0.05) is 36.4 Å². The third-order valence-corrected chi connectivity index (χ3v) is 6.58. The number of aryl methyl sites for hydroxylation is 1. The van der Waals surface area contributed by atoms with Crippen LogP contribution in [0.1, 0.15) is 46.6 Å². The lowest BCUT2D eigenvalue weighted by molar-refractivity contribution is 0.0678. The first-order valence-corrected chi connectivity index (χ1v) is 11.6. The molecule has 8 heteroatoms. The van der Waals surface area contributed by atoms with E-state index in [1.165, 1.54) is 11.3 Å². The van der Waals surface area contributed by atoms with Crippen LogP contribution in [-0.4, -0.2) is 30.8 Å². The zero-order valence-corrected chi connectivity index (χ0v) is 18.1. The molecule has 1 aromatic heterocycles. The van der Waals surface area contributed by atoms with E-state index < -0.39 is 10.0 Å². The molecule has 1 atom stereocenters. The number of amides is 1. The number of nitrogens with zero attached hydrogens (tertiary/aromatic N) is 2. The Balaban J connectivity index is 1.66. The molecule has 0 radical (unpaired) electrons. The molecule has 0 fully saturated rings. The second-order valence-electron chi connectivity index (χ2n) is 7.33. The van der Waals surface area contributed by atoms with Crippen LogP contribution in [0.4, 0.5) is 5.69 Å². The van der Waals surface area contributed by atoms with E-state index in [1.807, 2.05) is 43.3 Å². The maximum absolute atomic E-state index is 13.1. The Morgan fingerprint density at radius 1 is 1.13 bits per heavy atom. The molecular weight excluding hydrogens is 414 g/mol. The van der Waals surface area contributed by atoms with E-state index in [0.29, 0.717) is 12.1 Å². The second-order valence-corrected chi connectivity index (χ2v) is 9.34. The third kappa shape index (κ3) is 4.39. The minimum atomic E-state index is -3.34. The fourth-order valence-electron chi connectivity index (χ4n) is 3.57. The highest BCUT2D eigenvalue weighted by molar-refractivity contribution is 7.92. The molecule has 1 N–H and O–H groups in total. The Hall–Kier alpha value is -3.39. The third-order valence-electron chi connectivity index (χ3n) is 5.27. The van der Waals surface area contributed by atoms with Gasteiger partial charge in [0.2, 0.25) is 10.0 Å². The van der Waals surface area contributed by atoms with Crippen molar-refractivity contribution in [2.75, 3.05) is 10.5 Å². The molecule has 2 aromatic carbocycles. The molecule has 0 bridgehead atoms. The number of hydrazone groups is 1. The van der Waals surface area contributed by atoms with Gasteiger partial charge in [-0.3, -0.25) is 9.52 Å². The van der Waals surface area contributed by atoms with E-state index in [-0.39, 0.29) is 23.5 Å². The summed E-state index contributed by atoms with van der Waals surface area (Å²) in [6, 6.07) is 18.0. The topological polar surface area (TPSA) is 92.0 Å². The van der Waals surface area contributed by atoms with Crippen LogP contribution in [0.15, 0.2) is 76.4 Å². The van der Waals surface area contributed by atoms with Crippen molar-refractivity contribution >= 4 is 27.3 Å². The maximum Gasteiger partial charge on any atom is 0.310 e. The van der Waals surface area contributed by atoms with E-state index in [4.69, 9.17) is 4.42 Å². The van der Waals surface area contributed by atoms with Crippen molar-refractivity contribution in [3.63, 3.8) is 0 Å². The molecule has 0 spiro atoms. The highest BCUT2D eigenvalue weighted by Gasteiger charge is 2.35. The Bertz CT molecular complexity index is 1220. The first-order chi connectivity index (χ1) is 14.9. The molecule has 1 aliphatic heterocycles. The van der Waals surface area contributed by atoms with Gasteiger partial charge >= 0.3 is 5.91 Å². The highest BCUT2D eigenvalue weighted by atomic mass is 32.2. The van der Waals surface area contributed by atoms with Crippen molar-refractivity contribution in [2.45, 2.75) is 26.3 Å². The number of rotatable bonds is 6. The molecule has 0 unspecified atom stereocenters. The average Bonchev–Trinajstić information content (AvgIpc) is 3.45. The number of nitrogens with one attached hydrogen (secondary N) is 1. The SMILES string of the molecule is CCS(=O)(=O)Nc1ccc(C2=NN(C(=O)c3ccco3)[C@@H](c3ccccc3C)C2)cc1. The van der Waals surface area contributed by atoms with Gasteiger partial charge in [0.1, 0.15) is 0 Å². The fraction of sp³-hybridized carbons (Fsp3) is 0.217. The van der Waals surface area contributed by atoms with Gasteiger partial charge in [-0.25, -0.2) is 13.4 Å². The lowest BCUT2D eigenvalue weighted by Crippen LogP contribution is -2.27. The summed E-state index contributed by atoms with van der Waals surface area (Å²) in [7, 11) is -3.34. The van der Waals surface area contributed by atoms with Gasteiger partial charge in [0.05, 0.1) is 23.8 Å². The first-order valence-electron chi connectivity index (χ1n) is 9.99. The minimum Gasteiger partial charge on any atom is -0.459 e. The Kier molecular flexibility index (Phi) is 5.65. The summed E-state index contributed by atoms with van der Waals surface area (Å²) in [6.45, 7) is 3.60.